The molecule has 3 heterocycles. The molecule has 124 valence electrons. The van der Waals surface area contributed by atoms with Crippen LogP contribution in [0.3, 0.4) is 0 Å². The molecule has 0 atom stereocenters. The van der Waals surface area contributed by atoms with Crippen molar-refractivity contribution >= 4 is 11.3 Å². The van der Waals surface area contributed by atoms with Gasteiger partial charge in [-0.25, -0.2) is 4.98 Å². The van der Waals surface area contributed by atoms with Gasteiger partial charge in [0, 0.05) is 43.3 Å². The molecule has 0 radical (unpaired) electrons. The number of aromatic nitrogens is 2. The third kappa shape index (κ3) is 4.59. The van der Waals surface area contributed by atoms with Crippen molar-refractivity contribution in [1.29, 1.82) is 0 Å². The van der Waals surface area contributed by atoms with Crippen LogP contribution < -0.4 is 5.32 Å². The SMILES string of the molecule is CCc1nc(C)sc1CNC1CCN(Cc2ccccn2)CC1. The van der Waals surface area contributed by atoms with E-state index in [1.807, 2.05) is 23.6 Å². The largest absolute Gasteiger partial charge is 0.309 e. The number of hydrogen-bond donors (Lipinski definition) is 1. The number of nitrogens with zero attached hydrogens (tertiary/aromatic N) is 3. The highest BCUT2D eigenvalue weighted by atomic mass is 32.1. The predicted molar refractivity (Wildman–Crippen MR) is 95.6 cm³/mol. The Morgan fingerprint density at radius 3 is 2.83 bits per heavy atom. The zero-order valence-electron chi connectivity index (χ0n) is 14.1. The molecule has 1 saturated heterocycles. The van der Waals surface area contributed by atoms with Gasteiger partial charge in [-0.1, -0.05) is 13.0 Å². The molecule has 1 N–H and O–H groups in total. The van der Waals surface area contributed by atoms with Crippen molar-refractivity contribution in [2.45, 2.75) is 52.2 Å². The molecule has 0 saturated carbocycles. The van der Waals surface area contributed by atoms with Gasteiger partial charge in [0.05, 0.1) is 16.4 Å². The van der Waals surface area contributed by atoms with Gasteiger partial charge in [-0.05, 0) is 38.3 Å². The molecular formula is C18H26N4S. The Bertz CT molecular complexity index is 603. The van der Waals surface area contributed by atoms with Crippen LogP contribution in [0.5, 0.6) is 0 Å². The number of pyridine rings is 1. The van der Waals surface area contributed by atoms with Crippen molar-refractivity contribution in [2.75, 3.05) is 13.1 Å². The maximum absolute atomic E-state index is 4.62. The Morgan fingerprint density at radius 1 is 1.30 bits per heavy atom. The minimum Gasteiger partial charge on any atom is -0.309 e. The van der Waals surface area contributed by atoms with E-state index in [9.17, 15) is 0 Å². The lowest BCUT2D eigenvalue weighted by atomic mass is 10.0. The van der Waals surface area contributed by atoms with E-state index in [4.69, 9.17) is 0 Å². The number of likely N-dealkylation sites (tertiary alicyclic amines) is 1. The molecule has 1 fully saturated rings. The topological polar surface area (TPSA) is 41.1 Å². The highest BCUT2D eigenvalue weighted by Gasteiger charge is 2.19. The fraction of sp³-hybridized carbons (Fsp3) is 0.556. The fourth-order valence-corrected chi connectivity index (χ4v) is 4.16. The third-order valence-electron chi connectivity index (χ3n) is 4.47. The number of rotatable bonds is 6. The molecule has 1 aliphatic heterocycles. The van der Waals surface area contributed by atoms with E-state index in [0.717, 1.165) is 32.6 Å². The van der Waals surface area contributed by atoms with E-state index in [1.54, 1.807) is 0 Å². The van der Waals surface area contributed by atoms with Crippen LogP contribution in [-0.2, 0) is 19.5 Å². The average molecular weight is 331 g/mol. The van der Waals surface area contributed by atoms with Crippen LogP contribution in [0, 0.1) is 6.92 Å². The smallest absolute Gasteiger partial charge is 0.0900 e. The Kier molecular flexibility index (Phi) is 5.75. The summed E-state index contributed by atoms with van der Waals surface area (Å²) >= 11 is 1.84. The summed E-state index contributed by atoms with van der Waals surface area (Å²) in [6, 6.07) is 6.79. The summed E-state index contributed by atoms with van der Waals surface area (Å²) in [6.45, 7) is 8.53. The molecule has 2 aromatic heterocycles. The average Bonchev–Trinajstić information content (AvgIpc) is 2.95. The van der Waals surface area contributed by atoms with Gasteiger partial charge in [-0.3, -0.25) is 9.88 Å². The molecule has 0 aliphatic carbocycles. The Labute approximate surface area is 143 Å². The van der Waals surface area contributed by atoms with Gasteiger partial charge in [-0.2, -0.15) is 0 Å². The quantitative estimate of drug-likeness (QED) is 0.883. The van der Waals surface area contributed by atoms with E-state index in [2.05, 4.69) is 46.2 Å². The van der Waals surface area contributed by atoms with Crippen LogP contribution in [0.2, 0.25) is 0 Å². The van der Waals surface area contributed by atoms with Gasteiger partial charge in [0.2, 0.25) is 0 Å². The van der Waals surface area contributed by atoms with Gasteiger partial charge in [0.15, 0.2) is 0 Å². The van der Waals surface area contributed by atoms with E-state index in [-0.39, 0.29) is 0 Å². The summed E-state index contributed by atoms with van der Waals surface area (Å²) in [5.74, 6) is 0. The summed E-state index contributed by atoms with van der Waals surface area (Å²) in [7, 11) is 0. The monoisotopic (exact) mass is 330 g/mol. The van der Waals surface area contributed by atoms with E-state index >= 15 is 0 Å². The standard InChI is InChI=1S/C18H26N4S/c1-3-17-18(23-14(2)21-17)12-20-15-7-10-22(11-8-15)13-16-6-4-5-9-19-16/h4-6,9,15,20H,3,7-8,10-13H2,1-2H3. The molecule has 5 heteroatoms. The predicted octanol–water partition coefficient (Wildman–Crippen LogP) is 3.16. The van der Waals surface area contributed by atoms with E-state index < -0.39 is 0 Å². The lowest BCUT2D eigenvalue weighted by molar-refractivity contribution is 0.188. The lowest BCUT2D eigenvalue weighted by Crippen LogP contribution is -2.41. The van der Waals surface area contributed by atoms with Crippen molar-refractivity contribution < 1.29 is 0 Å². The Morgan fingerprint density at radius 2 is 2.13 bits per heavy atom. The van der Waals surface area contributed by atoms with Crippen LogP contribution in [0.4, 0.5) is 0 Å². The maximum Gasteiger partial charge on any atom is 0.0900 e. The first-order chi connectivity index (χ1) is 11.2. The van der Waals surface area contributed by atoms with Crippen molar-refractivity contribution in [1.82, 2.24) is 20.2 Å². The highest BCUT2D eigenvalue weighted by molar-refractivity contribution is 7.11. The number of thiazole rings is 1. The van der Waals surface area contributed by atoms with Gasteiger partial charge in [-0.15, -0.1) is 11.3 Å². The highest BCUT2D eigenvalue weighted by Crippen LogP contribution is 2.20. The molecule has 0 spiro atoms. The van der Waals surface area contributed by atoms with Crippen molar-refractivity contribution in [3.63, 3.8) is 0 Å². The molecule has 0 bridgehead atoms. The number of aryl methyl sites for hydroxylation is 2. The molecule has 2 aromatic rings. The van der Waals surface area contributed by atoms with Gasteiger partial charge in [0.1, 0.15) is 0 Å². The Balaban J connectivity index is 1.44. The van der Waals surface area contributed by atoms with Crippen LogP contribution in [0.25, 0.3) is 0 Å². The fourth-order valence-electron chi connectivity index (χ4n) is 3.18. The molecule has 0 unspecified atom stereocenters. The molecule has 4 nitrogen and oxygen atoms in total. The van der Waals surface area contributed by atoms with Gasteiger partial charge < -0.3 is 5.32 Å². The van der Waals surface area contributed by atoms with Crippen molar-refractivity contribution in [2.24, 2.45) is 0 Å². The van der Waals surface area contributed by atoms with Gasteiger partial charge in [0.25, 0.3) is 0 Å². The lowest BCUT2D eigenvalue weighted by Gasteiger charge is -2.32. The first-order valence-corrected chi connectivity index (χ1v) is 9.37. The normalized spacial score (nSPS) is 16.8. The zero-order chi connectivity index (χ0) is 16.1. The molecule has 23 heavy (non-hydrogen) atoms. The first-order valence-electron chi connectivity index (χ1n) is 8.55. The van der Waals surface area contributed by atoms with E-state index in [0.29, 0.717) is 6.04 Å². The minimum absolute atomic E-state index is 0.627. The number of hydrogen-bond acceptors (Lipinski definition) is 5. The van der Waals surface area contributed by atoms with Crippen LogP contribution in [0.1, 0.15) is 41.0 Å². The second kappa shape index (κ2) is 7.99. The first kappa shape index (κ1) is 16.6. The summed E-state index contributed by atoms with van der Waals surface area (Å²) in [5, 5.41) is 4.92. The maximum atomic E-state index is 4.62. The third-order valence-corrected chi connectivity index (χ3v) is 5.48. The Hall–Kier alpha value is -1.30. The van der Waals surface area contributed by atoms with Crippen molar-refractivity contribution in [3.8, 4) is 0 Å². The number of piperidine rings is 1. The summed E-state index contributed by atoms with van der Waals surface area (Å²) in [5.41, 5.74) is 2.44. The molecule has 1 aliphatic rings. The van der Waals surface area contributed by atoms with Crippen LogP contribution in [0.15, 0.2) is 24.4 Å². The second-order valence-electron chi connectivity index (χ2n) is 6.21. The second-order valence-corrected chi connectivity index (χ2v) is 7.50. The summed E-state index contributed by atoms with van der Waals surface area (Å²) in [6.07, 6.45) is 5.34. The summed E-state index contributed by atoms with van der Waals surface area (Å²) < 4.78 is 0. The summed E-state index contributed by atoms with van der Waals surface area (Å²) in [4.78, 5) is 13.0. The molecule has 0 amide bonds. The minimum atomic E-state index is 0.627. The van der Waals surface area contributed by atoms with Crippen LogP contribution in [-0.4, -0.2) is 34.0 Å². The van der Waals surface area contributed by atoms with E-state index in [1.165, 1.54) is 34.1 Å². The molecule has 3 rings (SSSR count). The molecule has 0 aromatic carbocycles. The number of nitrogens with one attached hydrogen (secondary N) is 1. The van der Waals surface area contributed by atoms with Crippen LogP contribution >= 0.6 is 11.3 Å². The van der Waals surface area contributed by atoms with Gasteiger partial charge >= 0.3 is 0 Å². The zero-order valence-corrected chi connectivity index (χ0v) is 14.9. The van der Waals surface area contributed by atoms with Crippen molar-refractivity contribution in [3.05, 3.63) is 45.7 Å². The molecular weight excluding hydrogens is 304 g/mol.